The predicted molar refractivity (Wildman–Crippen MR) is 139 cm³/mol. The third kappa shape index (κ3) is 6.34. The number of halogens is 2. The molecule has 3 amide bonds. The van der Waals surface area contributed by atoms with Crippen molar-refractivity contribution in [2.45, 2.75) is 27.2 Å². The molecular weight excluding hydrogens is 544 g/mol. The maximum absolute atomic E-state index is 12.9. The molecular formula is C24H24BrClN2O5S. The number of anilines is 1. The van der Waals surface area contributed by atoms with Crippen LogP contribution in [0.15, 0.2) is 39.7 Å². The van der Waals surface area contributed by atoms with Crippen molar-refractivity contribution in [2.75, 3.05) is 25.1 Å². The Morgan fingerprint density at radius 3 is 2.65 bits per heavy atom. The number of nitrogens with zero attached hydrogens (tertiary/aromatic N) is 1. The summed E-state index contributed by atoms with van der Waals surface area (Å²) in [5.74, 6) is 0.0866. The summed E-state index contributed by atoms with van der Waals surface area (Å²) in [6.07, 6.45) is 2.44. The number of imide groups is 1. The molecule has 0 aliphatic carbocycles. The van der Waals surface area contributed by atoms with E-state index in [2.05, 4.69) is 21.2 Å². The van der Waals surface area contributed by atoms with Gasteiger partial charge in [-0.1, -0.05) is 24.6 Å². The molecule has 0 aromatic heterocycles. The van der Waals surface area contributed by atoms with E-state index in [0.717, 1.165) is 28.6 Å². The molecule has 2 aromatic carbocycles. The van der Waals surface area contributed by atoms with E-state index in [1.165, 1.54) is 0 Å². The van der Waals surface area contributed by atoms with Crippen LogP contribution in [0.4, 0.5) is 10.5 Å². The number of amides is 3. The summed E-state index contributed by atoms with van der Waals surface area (Å²) in [7, 11) is 0. The lowest BCUT2D eigenvalue weighted by molar-refractivity contribution is -0.127. The summed E-state index contributed by atoms with van der Waals surface area (Å²) in [5.41, 5.74) is 2.02. The second kappa shape index (κ2) is 11.8. The second-order valence-electron chi connectivity index (χ2n) is 7.39. The molecule has 0 atom stereocenters. The van der Waals surface area contributed by atoms with Gasteiger partial charge in [-0.15, -0.1) is 0 Å². The Morgan fingerprint density at radius 1 is 1.21 bits per heavy atom. The van der Waals surface area contributed by atoms with Crippen molar-refractivity contribution in [2.24, 2.45) is 0 Å². The summed E-state index contributed by atoms with van der Waals surface area (Å²) in [5, 5.41) is 2.66. The molecule has 1 fully saturated rings. The maximum atomic E-state index is 12.9. The number of carbonyl (C=O) groups excluding carboxylic acids is 3. The summed E-state index contributed by atoms with van der Waals surface area (Å²) >= 11 is 10.4. The van der Waals surface area contributed by atoms with Crippen LogP contribution < -0.4 is 14.8 Å². The van der Waals surface area contributed by atoms with Crippen molar-refractivity contribution in [3.63, 3.8) is 0 Å². The quantitative estimate of drug-likeness (QED) is 0.359. The number of hydrogen-bond donors (Lipinski definition) is 1. The maximum Gasteiger partial charge on any atom is 0.294 e. The van der Waals surface area contributed by atoms with Gasteiger partial charge in [0.2, 0.25) is 5.91 Å². The number of ether oxygens (including phenoxy) is 2. The van der Waals surface area contributed by atoms with E-state index in [1.54, 1.807) is 36.4 Å². The van der Waals surface area contributed by atoms with Crippen molar-refractivity contribution in [3.05, 3.63) is 55.9 Å². The van der Waals surface area contributed by atoms with Gasteiger partial charge in [-0.3, -0.25) is 19.3 Å². The Balaban J connectivity index is 1.76. The summed E-state index contributed by atoms with van der Waals surface area (Å²) in [6, 6.07) is 8.63. The average Bonchev–Trinajstić information content (AvgIpc) is 3.03. The number of nitrogens with one attached hydrogen (secondary N) is 1. The molecule has 1 heterocycles. The van der Waals surface area contributed by atoms with Crippen LogP contribution in [0.2, 0.25) is 5.02 Å². The first-order chi connectivity index (χ1) is 16.2. The van der Waals surface area contributed by atoms with Gasteiger partial charge in [-0.2, -0.15) is 0 Å². The lowest BCUT2D eigenvalue weighted by atomic mass is 10.2. The van der Waals surface area contributed by atoms with Crippen molar-refractivity contribution in [1.29, 1.82) is 0 Å². The van der Waals surface area contributed by atoms with E-state index in [1.807, 2.05) is 20.8 Å². The van der Waals surface area contributed by atoms with Crippen LogP contribution >= 0.6 is 39.3 Å². The van der Waals surface area contributed by atoms with Gasteiger partial charge in [-0.25, -0.2) is 0 Å². The number of carbonyl (C=O) groups is 3. The van der Waals surface area contributed by atoms with Crippen LogP contribution in [0.5, 0.6) is 11.5 Å². The molecule has 7 nitrogen and oxygen atoms in total. The van der Waals surface area contributed by atoms with Gasteiger partial charge in [0.05, 0.1) is 22.6 Å². The molecule has 10 heteroatoms. The largest absolute Gasteiger partial charge is 0.490 e. The predicted octanol–water partition coefficient (Wildman–Crippen LogP) is 6.27. The first-order valence-electron chi connectivity index (χ1n) is 10.6. The fourth-order valence-electron chi connectivity index (χ4n) is 3.08. The molecule has 34 heavy (non-hydrogen) atoms. The highest BCUT2D eigenvalue weighted by Gasteiger charge is 2.36. The van der Waals surface area contributed by atoms with E-state index in [9.17, 15) is 14.4 Å². The van der Waals surface area contributed by atoms with E-state index in [0.29, 0.717) is 45.5 Å². The molecule has 0 unspecified atom stereocenters. The Bertz CT molecular complexity index is 1150. The summed E-state index contributed by atoms with van der Waals surface area (Å²) in [4.78, 5) is 38.9. The van der Waals surface area contributed by atoms with Crippen LogP contribution in [0.3, 0.4) is 0 Å². The van der Waals surface area contributed by atoms with Crippen LogP contribution in [0.25, 0.3) is 6.08 Å². The smallest absolute Gasteiger partial charge is 0.294 e. The average molecular weight is 568 g/mol. The van der Waals surface area contributed by atoms with E-state index in [4.69, 9.17) is 21.1 Å². The van der Waals surface area contributed by atoms with E-state index < -0.39 is 23.6 Å². The molecule has 1 aliphatic heterocycles. The van der Waals surface area contributed by atoms with Gasteiger partial charge in [0.15, 0.2) is 11.5 Å². The molecule has 0 bridgehead atoms. The van der Waals surface area contributed by atoms with E-state index in [-0.39, 0.29) is 4.91 Å². The minimum Gasteiger partial charge on any atom is -0.490 e. The molecule has 180 valence electrons. The molecule has 1 N–H and O–H groups in total. The third-order valence-corrected chi connectivity index (χ3v) is 6.61. The van der Waals surface area contributed by atoms with Gasteiger partial charge in [-0.05, 0) is 89.4 Å². The number of thioether (sulfide) groups is 1. The zero-order valence-electron chi connectivity index (χ0n) is 18.9. The van der Waals surface area contributed by atoms with Gasteiger partial charge >= 0.3 is 0 Å². The standard InChI is InChI=1S/C24H24BrClN2O5S/c1-4-8-33-22-17(25)9-15(10-19(22)32-5-2)11-20-23(30)28(24(31)34-20)13-21(29)27-16-7-6-14(3)18(26)12-16/h6-7,9-12H,4-5,8,13H2,1-3H3,(H,27,29)/b20-11-. The SMILES string of the molecule is CCCOc1c(Br)cc(/C=C2\SC(=O)N(CC(=O)Nc3ccc(C)c(Cl)c3)C2=O)cc1OCC. The van der Waals surface area contributed by atoms with Gasteiger partial charge in [0.25, 0.3) is 11.1 Å². The molecule has 0 saturated carbocycles. The highest BCUT2D eigenvalue weighted by molar-refractivity contribution is 9.10. The van der Waals surface area contributed by atoms with Crippen LogP contribution in [0, 0.1) is 6.92 Å². The number of aryl methyl sites for hydroxylation is 1. The Labute approximate surface area is 215 Å². The fraction of sp³-hybridized carbons (Fsp3) is 0.292. The van der Waals surface area contributed by atoms with Crippen molar-refractivity contribution < 1.29 is 23.9 Å². The zero-order valence-corrected chi connectivity index (χ0v) is 22.1. The van der Waals surface area contributed by atoms with Gasteiger partial charge in [0, 0.05) is 10.7 Å². The Hall–Kier alpha value is -2.49. The van der Waals surface area contributed by atoms with E-state index >= 15 is 0 Å². The Morgan fingerprint density at radius 2 is 1.97 bits per heavy atom. The van der Waals surface area contributed by atoms with Crippen LogP contribution in [0.1, 0.15) is 31.4 Å². The number of benzene rings is 2. The third-order valence-electron chi connectivity index (χ3n) is 4.71. The lowest BCUT2D eigenvalue weighted by Gasteiger charge is -2.14. The highest BCUT2D eigenvalue weighted by Crippen LogP contribution is 2.39. The van der Waals surface area contributed by atoms with Gasteiger partial charge < -0.3 is 14.8 Å². The first kappa shape index (κ1) is 26.1. The van der Waals surface area contributed by atoms with Crippen LogP contribution in [-0.4, -0.2) is 41.7 Å². The number of hydrogen-bond acceptors (Lipinski definition) is 6. The summed E-state index contributed by atoms with van der Waals surface area (Å²) in [6.45, 7) is 6.30. The van der Waals surface area contributed by atoms with Crippen molar-refractivity contribution in [3.8, 4) is 11.5 Å². The van der Waals surface area contributed by atoms with Crippen LogP contribution in [-0.2, 0) is 9.59 Å². The first-order valence-corrected chi connectivity index (χ1v) is 12.6. The topological polar surface area (TPSA) is 84.9 Å². The van der Waals surface area contributed by atoms with Crippen molar-refractivity contribution >= 4 is 68.1 Å². The van der Waals surface area contributed by atoms with Crippen molar-refractivity contribution in [1.82, 2.24) is 4.90 Å². The summed E-state index contributed by atoms with van der Waals surface area (Å²) < 4.78 is 12.1. The molecule has 2 aromatic rings. The molecule has 0 radical (unpaired) electrons. The normalized spacial score (nSPS) is 14.6. The highest BCUT2D eigenvalue weighted by atomic mass is 79.9. The molecule has 1 saturated heterocycles. The fourth-order valence-corrected chi connectivity index (χ4v) is 4.67. The lowest BCUT2D eigenvalue weighted by Crippen LogP contribution is -2.36. The minimum atomic E-state index is -0.535. The minimum absolute atomic E-state index is 0.216. The number of rotatable bonds is 9. The van der Waals surface area contributed by atoms with Gasteiger partial charge in [0.1, 0.15) is 6.54 Å². The Kier molecular flexibility index (Phi) is 9.04. The molecule has 3 rings (SSSR count). The monoisotopic (exact) mass is 566 g/mol. The molecule has 0 spiro atoms. The second-order valence-corrected chi connectivity index (χ2v) is 9.65. The molecule has 1 aliphatic rings. The zero-order chi connectivity index (χ0) is 24.8.